The van der Waals surface area contributed by atoms with Gasteiger partial charge in [-0.2, -0.15) is 0 Å². The summed E-state index contributed by atoms with van der Waals surface area (Å²) in [6, 6.07) is 16.0. The van der Waals surface area contributed by atoms with Crippen molar-refractivity contribution >= 4 is 17.6 Å². The molecule has 2 amide bonds. The van der Waals surface area contributed by atoms with Gasteiger partial charge >= 0.3 is 0 Å². The number of piperidine rings is 1. The minimum Gasteiger partial charge on any atom is -0.366 e. The monoisotopic (exact) mass is 437 g/mol. The molecule has 2 aromatic rings. The summed E-state index contributed by atoms with van der Waals surface area (Å²) < 4.78 is 0. The number of rotatable bonds is 9. The third-order valence-corrected chi connectivity index (χ3v) is 5.59. The standard InChI is InChI=1S/C19H22N2O.C7H13NO2/c20-19(22)18-7-3-2-6-17(18)16-10-8-15(9-11-16)14-21-12-4-1-5-13-21;1-2-3-4-5-6(9)7(8)10/h2-3,6-11H,1,4-5,12-14H2,(H2,20,22);2-5H2,1H3,(H2,8,10). The number of nitrogens with two attached hydrogens (primary N) is 2. The van der Waals surface area contributed by atoms with Crippen molar-refractivity contribution in [3.8, 4) is 11.1 Å². The zero-order chi connectivity index (χ0) is 23.3. The van der Waals surface area contributed by atoms with Gasteiger partial charge in [-0.15, -0.1) is 0 Å². The zero-order valence-corrected chi connectivity index (χ0v) is 19.0. The number of nitrogens with zero attached hydrogens (tertiary/aromatic N) is 1. The second-order valence-electron chi connectivity index (χ2n) is 8.19. The van der Waals surface area contributed by atoms with Crippen molar-refractivity contribution in [3.05, 3.63) is 59.7 Å². The minimum atomic E-state index is -0.809. The molecule has 0 aromatic heterocycles. The lowest BCUT2D eigenvalue weighted by atomic mass is 9.98. The van der Waals surface area contributed by atoms with Crippen LogP contribution < -0.4 is 11.5 Å². The number of carbonyl (C=O) groups excluding carboxylic acids is 3. The molecule has 1 fully saturated rings. The highest BCUT2D eigenvalue weighted by molar-refractivity contribution is 6.35. The third-order valence-electron chi connectivity index (χ3n) is 5.59. The molecule has 3 rings (SSSR count). The molecular formula is C26H35N3O3. The maximum absolute atomic E-state index is 11.5. The van der Waals surface area contributed by atoms with E-state index >= 15 is 0 Å². The van der Waals surface area contributed by atoms with Gasteiger partial charge in [-0.25, -0.2) is 0 Å². The SMILES string of the molecule is CCCCCC(=O)C(N)=O.NC(=O)c1ccccc1-c1ccc(CN2CCCCC2)cc1. The normalized spacial score (nSPS) is 13.7. The van der Waals surface area contributed by atoms with Crippen LogP contribution in [0.2, 0.25) is 0 Å². The zero-order valence-electron chi connectivity index (χ0n) is 19.0. The first-order valence-electron chi connectivity index (χ1n) is 11.5. The lowest BCUT2D eigenvalue weighted by molar-refractivity contribution is -0.136. The van der Waals surface area contributed by atoms with Crippen molar-refractivity contribution in [2.75, 3.05) is 13.1 Å². The Labute approximate surface area is 191 Å². The van der Waals surface area contributed by atoms with Crippen LogP contribution in [0.3, 0.4) is 0 Å². The third kappa shape index (κ3) is 8.27. The van der Waals surface area contributed by atoms with Crippen LogP contribution in [0, 0.1) is 0 Å². The largest absolute Gasteiger partial charge is 0.366 e. The fraction of sp³-hybridized carbons (Fsp3) is 0.423. The highest BCUT2D eigenvalue weighted by atomic mass is 16.2. The van der Waals surface area contributed by atoms with Crippen LogP contribution in [0.1, 0.15) is 67.8 Å². The summed E-state index contributed by atoms with van der Waals surface area (Å²) in [5, 5.41) is 0. The molecule has 1 heterocycles. The maximum atomic E-state index is 11.5. The number of likely N-dealkylation sites (tertiary alicyclic amines) is 1. The van der Waals surface area contributed by atoms with Crippen molar-refractivity contribution in [1.82, 2.24) is 4.90 Å². The molecule has 172 valence electrons. The van der Waals surface area contributed by atoms with E-state index in [-0.39, 0.29) is 5.91 Å². The van der Waals surface area contributed by atoms with Gasteiger partial charge in [0.05, 0.1) is 0 Å². The van der Waals surface area contributed by atoms with Crippen LogP contribution in [0.5, 0.6) is 0 Å². The molecule has 1 aliphatic rings. The van der Waals surface area contributed by atoms with Gasteiger partial charge in [0.15, 0.2) is 0 Å². The summed E-state index contributed by atoms with van der Waals surface area (Å²) in [6.45, 7) is 5.45. The fourth-order valence-electron chi connectivity index (χ4n) is 3.77. The van der Waals surface area contributed by atoms with E-state index in [2.05, 4.69) is 29.2 Å². The molecule has 0 radical (unpaired) electrons. The number of primary amides is 2. The Balaban J connectivity index is 0.000000309. The summed E-state index contributed by atoms with van der Waals surface area (Å²) in [5.41, 5.74) is 14.0. The number of Topliss-reactive ketones (excluding diaryl/α,β-unsaturated/α-hetero) is 1. The summed E-state index contributed by atoms with van der Waals surface area (Å²) in [6.07, 6.45) is 7.10. The van der Waals surface area contributed by atoms with E-state index in [1.54, 1.807) is 6.07 Å². The molecule has 1 saturated heterocycles. The predicted octanol–water partition coefficient (Wildman–Crippen LogP) is 4.06. The molecule has 6 nitrogen and oxygen atoms in total. The molecule has 1 aliphatic heterocycles. The number of hydrogen-bond donors (Lipinski definition) is 2. The highest BCUT2D eigenvalue weighted by Crippen LogP contribution is 2.24. The van der Waals surface area contributed by atoms with Crippen LogP contribution in [-0.4, -0.2) is 35.6 Å². The molecule has 0 bridgehead atoms. The number of unbranched alkanes of at least 4 members (excludes halogenated alkanes) is 2. The Kier molecular flexibility index (Phi) is 10.6. The average molecular weight is 438 g/mol. The number of ketones is 1. The van der Waals surface area contributed by atoms with Crippen LogP contribution in [0.25, 0.3) is 11.1 Å². The van der Waals surface area contributed by atoms with E-state index in [1.165, 1.54) is 37.9 Å². The first-order chi connectivity index (χ1) is 15.4. The summed E-state index contributed by atoms with van der Waals surface area (Å²) in [7, 11) is 0. The maximum Gasteiger partial charge on any atom is 0.284 e. The first-order valence-corrected chi connectivity index (χ1v) is 11.5. The summed E-state index contributed by atoms with van der Waals surface area (Å²) >= 11 is 0. The first kappa shape index (κ1) is 25.3. The summed E-state index contributed by atoms with van der Waals surface area (Å²) in [5.74, 6) is -1.64. The molecule has 0 aliphatic carbocycles. The van der Waals surface area contributed by atoms with Gasteiger partial charge in [-0.1, -0.05) is 68.7 Å². The van der Waals surface area contributed by atoms with Crippen molar-refractivity contribution in [2.24, 2.45) is 11.5 Å². The lowest BCUT2D eigenvalue weighted by Gasteiger charge is -2.26. The van der Waals surface area contributed by atoms with E-state index in [1.807, 2.05) is 25.1 Å². The minimum absolute atomic E-state index is 0.309. The Morgan fingerprint density at radius 1 is 0.875 bits per heavy atom. The Morgan fingerprint density at radius 2 is 1.53 bits per heavy atom. The second-order valence-corrected chi connectivity index (χ2v) is 8.19. The fourth-order valence-corrected chi connectivity index (χ4v) is 3.77. The van der Waals surface area contributed by atoms with Gasteiger partial charge in [0, 0.05) is 18.5 Å². The highest BCUT2D eigenvalue weighted by Gasteiger charge is 2.12. The number of carbonyl (C=O) groups is 3. The molecule has 0 atom stereocenters. The van der Waals surface area contributed by atoms with Gasteiger partial charge in [0.1, 0.15) is 0 Å². The van der Waals surface area contributed by atoms with E-state index in [0.29, 0.717) is 12.0 Å². The number of amides is 2. The quantitative estimate of drug-likeness (QED) is 0.456. The molecule has 0 spiro atoms. The van der Waals surface area contributed by atoms with Crippen LogP contribution in [0.4, 0.5) is 0 Å². The molecule has 32 heavy (non-hydrogen) atoms. The van der Waals surface area contributed by atoms with Gasteiger partial charge in [0.2, 0.25) is 11.7 Å². The molecule has 6 heteroatoms. The molecule has 4 N–H and O–H groups in total. The number of benzene rings is 2. The average Bonchev–Trinajstić information content (AvgIpc) is 2.81. The van der Waals surface area contributed by atoms with E-state index in [9.17, 15) is 14.4 Å². The van der Waals surface area contributed by atoms with Gasteiger partial charge in [-0.3, -0.25) is 19.3 Å². The van der Waals surface area contributed by atoms with Crippen LogP contribution in [-0.2, 0) is 16.1 Å². The van der Waals surface area contributed by atoms with Crippen molar-refractivity contribution in [2.45, 2.75) is 58.4 Å². The predicted molar refractivity (Wildman–Crippen MR) is 128 cm³/mol. The Hall–Kier alpha value is -2.99. The van der Waals surface area contributed by atoms with Crippen LogP contribution in [0.15, 0.2) is 48.5 Å². The van der Waals surface area contributed by atoms with E-state index in [0.717, 1.165) is 36.9 Å². The molecule has 0 saturated carbocycles. The Bertz CT molecular complexity index is 887. The van der Waals surface area contributed by atoms with Gasteiger partial charge < -0.3 is 11.5 Å². The van der Waals surface area contributed by atoms with Gasteiger partial charge in [-0.05, 0) is 55.1 Å². The van der Waals surface area contributed by atoms with Crippen LogP contribution >= 0.6 is 0 Å². The van der Waals surface area contributed by atoms with Crippen molar-refractivity contribution in [1.29, 1.82) is 0 Å². The second kappa shape index (κ2) is 13.4. The summed E-state index contributed by atoms with van der Waals surface area (Å²) in [4.78, 5) is 34.8. The topological polar surface area (TPSA) is 106 Å². The smallest absolute Gasteiger partial charge is 0.284 e. The van der Waals surface area contributed by atoms with E-state index < -0.39 is 11.7 Å². The van der Waals surface area contributed by atoms with Crippen molar-refractivity contribution < 1.29 is 14.4 Å². The Morgan fingerprint density at radius 3 is 2.12 bits per heavy atom. The van der Waals surface area contributed by atoms with Crippen molar-refractivity contribution in [3.63, 3.8) is 0 Å². The molecule has 0 unspecified atom stereocenters. The van der Waals surface area contributed by atoms with E-state index in [4.69, 9.17) is 11.5 Å². The molecular weight excluding hydrogens is 402 g/mol. The van der Waals surface area contributed by atoms with Gasteiger partial charge in [0.25, 0.3) is 5.91 Å². The number of hydrogen-bond acceptors (Lipinski definition) is 4. The lowest BCUT2D eigenvalue weighted by Crippen LogP contribution is -2.29. The molecule has 2 aromatic carbocycles.